The maximum Gasteiger partial charge on any atom is 0.245 e. The summed E-state index contributed by atoms with van der Waals surface area (Å²) in [5, 5.41) is 8.93. The normalized spacial score (nSPS) is 13.0. The lowest BCUT2D eigenvalue weighted by atomic mass is 9.97. The molecule has 0 aliphatic heterocycles. The van der Waals surface area contributed by atoms with Crippen LogP contribution in [0.2, 0.25) is 0 Å². The number of aliphatic hydroxyl groups excluding tert-OH is 1. The third-order valence-electron chi connectivity index (χ3n) is 2.69. The van der Waals surface area contributed by atoms with Crippen molar-refractivity contribution in [3.8, 4) is 0 Å². The van der Waals surface area contributed by atoms with Crippen LogP contribution in [0.5, 0.6) is 0 Å². The van der Waals surface area contributed by atoms with E-state index in [-0.39, 0.29) is 12.0 Å². The van der Waals surface area contributed by atoms with Crippen LogP contribution in [0.1, 0.15) is 26.3 Å². The van der Waals surface area contributed by atoms with Crippen molar-refractivity contribution in [3.63, 3.8) is 0 Å². The second-order valence-electron chi connectivity index (χ2n) is 5.82. The van der Waals surface area contributed by atoms with Gasteiger partial charge in [0.25, 0.3) is 0 Å². The molecular weight excluding hydrogens is 288 g/mol. The Bertz CT molecular complexity index is 594. The molecule has 0 fully saturated rings. The van der Waals surface area contributed by atoms with Crippen molar-refractivity contribution in [1.29, 1.82) is 0 Å². The third-order valence-corrected chi connectivity index (χ3v) is 4.51. The number of aliphatic hydroxyl groups is 1. The van der Waals surface area contributed by atoms with E-state index in [0.29, 0.717) is 0 Å². The Morgan fingerprint density at radius 1 is 1.25 bits per heavy atom. The average molecular weight is 307 g/mol. The highest BCUT2D eigenvalue weighted by Crippen LogP contribution is 2.25. The van der Waals surface area contributed by atoms with Crippen LogP contribution in [0.15, 0.2) is 17.0 Å². The molecule has 0 bridgehead atoms. The van der Waals surface area contributed by atoms with Crippen molar-refractivity contribution < 1.29 is 22.3 Å². The van der Waals surface area contributed by atoms with Crippen molar-refractivity contribution in [3.05, 3.63) is 29.3 Å². The molecule has 0 aliphatic rings. The van der Waals surface area contributed by atoms with Crippen LogP contribution in [0.25, 0.3) is 0 Å². The molecule has 0 amide bonds. The summed E-state index contributed by atoms with van der Waals surface area (Å²) in [6, 6.07) is 1.71. The van der Waals surface area contributed by atoms with Gasteiger partial charge < -0.3 is 5.11 Å². The van der Waals surface area contributed by atoms with Gasteiger partial charge in [-0.25, -0.2) is 21.5 Å². The van der Waals surface area contributed by atoms with E-state index in [0.717, 1.165) is 16.4 Å². The van der Waals surface area contributed by atoms with E-state index < -0.39 is 38.7 Å². The average Bonchev–Trinajstić information content (AvgIpc) is 2.26. The van der Waals surface area contributed by atoms with Crippen LogP contribution >= 0.6 is 0 Å². The fraction of sp³-hybridized carbons (Fsp3) is 0.538. The molecule has 20 heavy (non-hydrogen) atoms. The molecule has 0 atom stereocenters. The molecule has 0 heterocycles. The summed E-state index contributed by atoms with van der Waals surface area (Å²) in [7, 11) is -2.74. The first kappa shape index (κ1) is 17.0. The smallest absolute Gasteiger partial charge is 0.245 e. The number of nitrogens with zero attached hydrogens (tertiary/aromatic N) is 1. The maximum atomic E-state index is 14.0. The van der Waals surface area contributed by atoms with E-state index >= 15 is 0 Å². The zero-order valence-corrected chi connectivity index (χ0v) is 12.8. The topological polar surface area (TPSA) is 57.6 Å². The van der Waals surface area contributed by atoms with Gasteiger partial charge in [-0.05, 0) is 17.5 Å². The van der Waals surface area contributed by atoms with Crippen molar-refractivity contribution >= 4 is 10.0 Å². The second-order valence-corrected chi connectivity index (χ2v) is 7.83. The Morgan fingerprint density at radius 3 is 2.25 bits per heavy atom. The highest BCUT2D eigenvalue weighted by molar-refractivity contribution is 7.89. The monoisotopic (exact) mass is 307 g/mol. The summed E-state index contributed by atoms with van der Waals surface area (Å²) in [4.78, 5) is -0.630. The van der Waals surface area contributed by atoms with Gasteiger partial charge in [0.05, 0.1) is 12.2 Å². The molecule has 1 aromatic rings. The minimum Gasteiger partial charge on any atom is -0.391 e. The van der Waals surface area contributed by atoms with E-state index in [1.54, 1.807) is 0 Å². The van der Waals surface area contributed by atoms with Gasteiger partial charge in [0.15, 0.2) is 5.82 Å². The van der Waals surface area contributed by atoms with Gasteiger partial charge in [-0.15, -0.1) is 0 Å². The number of sulfonamides is 1. The van der Waals surface area contributed by atoms with Crippen molar-refractivity contribution in [2.24, 2.45) is 5.41 Å². The molecule has 0 aromatic heterocycles. The maximum absolute atomic E-state index is 14.0. The lowest BCUT2D eigenvalue weighted by Gasteiger charge is -2.26. The van der Waals surface area contributed by atoms with Gasteiger partial charge in [-0.1, -0.05) is 20.8 Å². The van der Waals surface area contributed by atoms with Gasteiger partial charge in [-0.3, -0.25) is 0 Å². The van der Waals surface area contributed by atoms with E-state index in [1.165, 1.54) is 7.05 Å². The summed E-state index contributed by atoms with van der Waals surface area (Å²) in [5.41, 5.74) is -0.951. The Kier molecular flexibility index (Phi) is 4.89. The van der Waals surface area contributed by atoms with Crippen LogP contribution in [0.4, 0.5) is 8.78 Å². The molecule has 0 unspecified atom stereocenters. The molecule has 1 N–H and O–H groups in total. The van der Waals surface area contributed by atoms with Crippen LogP contribution in [0, 0.1) is 17.0 Å². The lowest BCUT2D eigenvalue weighted by Crippen LogP contribution is -2.35. The summed E-state index contributed by atoms with van der Waals surface area (Å²) in [6.07, 6.45) is 0. The highest BCUT2D eigenvalue weighted by atomic mass is 32.2. The van der Waals surface area contributed by atoms with Gasteiger partial charge >= 0.3 is 0 Å². The third kappa shape index (κ3) is 3.53. The van der Waals surface area contributed by atoms with Crippen LogP contribution in [-0.2, 0) is 16.6 Å². The minimum atomic E-state index is -4.07. The van der Waals surface area contributed by atoms with E-state index in [4.69, 9.17) is 5.11 Å². The Balaban J connectivity index is 3.30. The molecule has 0 saturated carbocycles. The van der Waals surface area contributed by atoms with Crippen molar-refractivity contribution in [2.45, 2.75) is 32.3 Å². The Hall–Kier alpha value is -1.05. The molecule has 0 spiro atoms. The largest absolute Gasteiger partial charge is 0.391 e. The SMILES string of the molecule is CN(CC(C)(C)C)S(=O)(=O)c1ccc(F)c(CO)c1F. The molecule has 0 radical (unpaired) electrons. The molecule has 4 nitrogen and oxygen atoms in total. The fourth-order valence-corrected chi connectivity index (χ4v) is 3.32. The number of benzene rings is 1. The molecular formula is C13H19F2NO3S. The number of halogens is 2. The molecule has 0 saturated heterocycles. The van der Waals surface area contributed by atoms with Crippen LogP contribution < -0.4 is 0 Å². The molecule has 1 rings (SSSR count). The zero-order valence-electron chi connectivity index (χ0n) is 11.9. The van der Waals surface area contributed by atoms with E-state index in [1.807, 2.05) is 20.8 Å². The van der Waals surface area contributed by atoms with Gasteiger partial charge in [0, 0.05) is 13.6 Å². The predicted molar refractivity (Wildman–Crippen MR) is 71.6 cm³/mol. The summed E-state index contributed by atoms with van der Waals surface area (Å²) in [5.74, 6) is -2.21. The number of hydrogen-bond acceptors (Lipinski definition) is 3. The van der Waals surface area contributed by atoms with Crippen LogP contribution in [-0.4, -0.2) is 31.4 Å². The van der Waals surface area contributed by atoms with Crippen LogP contribution in [0.3, 0.4) is 0 Å². The molecule has 1 aromatic carbocycles. The quantitative estimate of drug-likeness (QED) is 0.927. The second kappa shape index (κ2) is 5.75. The first-order chi connectivity index (χ1) is 9.00. The number of rotatable bonds is 4. The molecule has 0 aliphatic carbocycles. The summed E-state index contributed by atoms with van der Waals surface area (Å²) in [6.45, 7) is 4.82. The van der Waals surface area contributed by atoms with E-state index in [9.17, 15) is 17.2 Å². The van der Waals surface area contributed by atoms with Gasteiger partial charge in [0.1, 0.15) is 10.7 Å². The molecule has 7 heteroatoms. The first-order valence-electron chi connectivity index (χ1n) is 6.05. The Labute approximate surface area is 118 Å². The summed E-state index contributed by atoms with van der Waals surface area (Å²) >= 11 is 0. The van der Waals surface area contributed by atoms with Gasteiger partial charge in [0.2, 0.25) is 10.0 Å². The fourth-order valence-electron chi connectivity index (χ4n) is 1.84. The predicted octanol–water partition coefficient (Wildman–Crippen LogP) is 2.12. The first-order valence-corrected chi connectivity index (χ1v) is 7.49. The van der Waals surface area contributed by atoms with E-state index in [2.05, 4.69) is 0 Å². The van der Waals surface area contributed by atoms with Crippen molar-refractivity contribution in [1.82, 2.24) is 4.31 Å². The lowest BCUT2D eigenvalue weighted by molar-refractivity contribution is 0.267. The summed E-state index contributed by atoms with van der Waals surface area (Å²) < 4.78 is 52.9. The highest BCUT2D eigenvalue weighted by Gasteiger charge is 2.29. The Morgan fingerprint density at radius 2 is 1.80 bits per heavy atom. The number of hydrogen-bond donors (Lipinski definition) is 1. The van der Waals surface area contributed by atoms with Crippen molar-refractivity contribution in [2.75, 3.05) is 13.6 Å². The van der Waals surface area contributed by atoms with Gasteiger partial charge in [-0.2, -0.15) is 0 Å². The molecule has 114 valence electrons. The standard InChI is InChI=1S/C13H19F2NO3S/c1-13(2,3)8-16(4)20(18,19)11-6-5-10(14)9(7-17)12(11)15/h5-6,17H,7-8H2,1-4H3. The minimum absolute atomic E-state index is 0.181. The zero-order chi connectivity index (χ0) is 15.7.